The Morgan fingerprint density at radius 3 is 2.48 bits per heavy atom. The average molecular weight is 406 g/mol. The van der Waals surface area contributed by atoms with Crippen molar-refractivity contribution in [3.05, 3.63) is 68.9 Å². The third kappa shape index (κ3) is 4.15. The van der Waals surface area contributed by atoms with E-state index < -0.39 is 35.4 Å². The van der Waals surface area contributed by atoms with Crippen LogP contribution in [0.25, 0.3) is 10.9 Å². The number of nitrogens with zero attached hydrogens (tertiary/aromatic N) is 2. The number of amides is 1. The third-order valence-electron chi connectivity index (χ3n) is 4.27. The number of benzene rings is 2. The first-order valence-corrected chi connectivity index (χ1v) is 8.48. The van der Waals surface area contributed by atoms with Gasteiger partial charge < -0.3 is 15.2 Å². The van der Waals surface area contributed by atoms with Crippen LogP contribution >= 0.6 is 0 Å². The summed E-state index contributed by atoms with van der Waals surface area (Å²) in [6.07, 6.45) is -4.59. The monoisotopic (exact) mass is 406 g/mol. The van der Waals surface area contributed by atoms with E-state index in [1.807, 2.05) is 0 Å². The maximum Gasteiger partial charge on any atom is 0.416 e. The largest absolute Gasteiger partial charge is 0.416 e. The molecule has 152 valence electrons. The van der Waals surface area contributed by atoms with E-state index in [2.05, 4.69) is 10.3 Å². The number of carbonyl (C=O) groups is 1. The predicted octanol–water partition coefficient (Wildman–Crippen LogP) is 2.41. The lowest BCUT2D eigenvalue weighted by Gasteiger charge is -2.20. The Morgan fingerprint density at radius 2 is 1.83 bits per heavy atom. The summed E-state index contributed by atoms with van der Waals surface area (Å²) in [6, 6.07) is 9.24. The fourth-order valence-electron chi connectivity index (χ4n) is 2.88. The zero-order valence-electron chi connectivity index (χ0n) is 15.5. The van der Waals surface area contributed by atoms with Crippen molar-refractivity contribution in [2.45, 2.75) is 12.7 Å². The van der Waals surface area contributed by atoms with Crippen LogP contribution < -0.4 is 21.5 Å². The fourth-order valence-corrected chi connectivity index (χ4v) is 2.88. The number of fused-ring (bicyclic) bond motifs is 1. The number of rotatable bonds is 4. The molecule has 0 saturated carbocycles. The van der Waals surface area contributed by atoms with Crippen LogP contribution in [0.15, 0.2) is 52.1 Å². The molecule has 0 bridgehead atoms. The second-order valence-corrected chi connectivity index (χ2v) is 6.54. The summed E-state index contributed by atoms with van der Waals surface area (Å²) in [5.74, 6) is -0.810. The minimum Gasteiger partial charge on any atom is -0.376 e. The van der Waals surface area contributed by atoms with Gasteiger partial charge in [-0.05, 0) is 30.3 Å². The van der Waals surface area contributed by atoms with Crippen LogP contribution in [-0.4, -0.2) is 29.6 Å². The van der Waals surface area contributed by atoms with Crippen LogP contribution in [0.1, 0.15) is 5.56 Å². The molecule has 1 aromatic heterocycles. The lowest BCUT2D eigenvalue weighted by atomic mass is 10.1. The van der Waals surface area contributed by atoms with Gasteiger partial charge in [-0.15, -0.1) is 0 Å². The van der Waals surface area contributed by atoms with Gasteiger partial charge in [0.15, 0.2) is 0 Å². The Bertz CT molecular complexity index is 1200. The summed E-state index contributed by atoms with van der Waals surface area (Å²) < 4.78 is 39.8. The third-order valence-corrected chi connectivity index (χ3v) is 4.27. The van der Waals surface area contributed by atoms with E-state index in [1.165, 1.54) is 17.0 Å². The highest BCUT2D eigenvalue weighted by atomic mass is 19.4. The van der Waals surface area contributed by atoms with Crippen molar-refractivity contribution in [1.82, 2.24) is 9.55 Å². The van der Waals surface area contributed by atoms with Gasteiger partial charge in [0.2, 0.25) is 5.91 Å². The molecular formula is C19H17F3N4O3. The van der Waals surface area contributed by atoms with Gasteiger partial charge >= 0.3 is 11.9 Å². The Morgan fingerprint density at radius 1 is 1.14 bits per heavy atom. The second kappa shape index (κ2) is 7.46. The molecule has 0 aliphatic heterocycles. The van der Waals surface area contributed by atoms with Gasteiger partial charge in [-0.25, -0.2) is 4.79 Å². The van der Waals surface area contributed by atoms with Crippen molar-refractivity contribution in [3.63, 3.8) is 0 Å². The number of aromatic amines is 1. The van der Waals surface area contributed by atoms with E-state index in [0.29, 0.717) is 15.8 Å². The molecule has 0 atom stereocenters. The number of anilines is 2. The van der Waals surface area contributed by atoms with Crippen molar-refractivity contribution in [2.75, 3.05) is 24.3 Å². The van der Waals surface area contributed by atoms with Crippen molar-refractivity contribution in [1.29, 1.82) is 0 Å². The maximum atomic E-state index is 13.0. The fraction of sp³-hybridized carbons (Fsp3) is 0.211. The van der Waals surface area contributed by atoms with E-state index in [1.54, 1.807) is 32.3 Å². The summed E-state index contributed by atoms with van der Waals surface area (Å²) in [5.41, 5.74) is -1.81. The topological polar surface area (TPSA) is 87.2 Å². The lowest BCUT2D eigenvalue weighted by molar-refractivity contribution is -0.137. The zero-order valence-corrected chi connectivity index (χ0v) is 15.5. The minimum atomic E-state index is -4.59. The van der Waals surface area contributed by atoms with Gasteiger partial charge in [0.05, 0.1) is 27.8 Å². The second-order valence-electron chi connectivity index (χ2n) is 6.54. The quantitative estimate of drug-likeness (QED) is 0.697. The highest BCUT2D eigenvalue weighted by molar-refractivity contribution is 5.94. The highest BCUT2D eigenvalue weighted by Crippen LogP contribution is 2.34. The zero-order chi connectivity index (χ0) is 21.3. The molecule has 0 saturated heterocycles. The van der Waals surface area contributed by atoms with Crippen molar-refractivity contribution in [3.8, 4) is 0 Å². The first kappa shape index (κ1) is 20.2. The number of hydrogen-bond acceptors (Lipinski definition) is 4. The smallest absolute Gasteiger partial charge is 0.376 e. The number of hydrogen-bond donors (Lipinski definition) is 2. The summed E-state index contributed by atoms with van der Waals surface area (Å²) in [7, 11) is 3.22. The molecule has 3 rings (SSSR count). The molecule has 0 unspecified atom stereocenters. The first-order valence-electron chi connectivity index (χ1n) is 8.48. The normalized spacial score (nSPS) is 11.5. The SMILES string of the molecule is CN(C)c1ccc(C(F)(F)F)cc1NC(=O)Cn1c(=O)[nH]c2ccccc2c1=O. The Balaban J connectivity index is 1.95. The van der Waals surface area contributed by atoms with E-state index >= 15 is 0 Å². The Labute approximate surface area is 162 Å². The molecular weight excluding hydrogens is 389 g/mol. The Hall–Kier alpha value is -3.56. The molecule has 0 spiro atoms. The molecule has 0 radical (unpaired) electrons. The number of carbonyl (C=O) groups excluding carboxylic acids is 1. The van der Waals surface area contributed by atoms with Crippen LogP contribution in [0, 0.1) is 0 Å². The highest BCUT2D eigenvalue weighted by Gasteiger charge is 2.31. The molecule has 29 heavy (non-hydrogen) atoms. The van der Waals surface area contributed by atoms with Crippen LogP contribution in [0.2, 0.25) is 0 Å². The van der Waals surface area contributed by atoms with E-state index in [-0.39, 0.29) is 11.1 Å². The maximum absolute atomic E-state index is 13.0. The van der Waals surface area contributed by atoms with Crippen LogP contribution in [0.5, 0.6) is 0 Å². The molecule has 1 amide bonds. The Kier molecular flexibility index (Phi) is 5.19. The van der Waals surface area contributed by atoms with E-state index in [0.717, 1.165) is 12.1 Å². The average Bonchev–Trinajstić information content (AvgIpc) is 2.64. The molecule has 10 heteroatoms. The lowest BCUT2D eigenvalue weighted by Crippen LogP contribution is -2.38. The van der Waals surface area contributed by atoms with Crippen LogP contribution in [0.3, 0.4) is 0 Å². The molecule has 0 fully saturated rings. The molecule has 3 aromatic rings. The van der Waals surface area contributed by atoms with Crippen molar-refractivity contribution < 1.29 is 18.0 Å². The van der Waals surface area contributed by atoms with Gasteiger partial charge in [-0.1, -0.05) is 12.1 Å². The number of halogens is 3. The number of para-hydroxylation sites is 1. The summed E-state index contributed by atoms with van der Waals surface area (Å²) in [6.45, 7) is -0.651. The molecule has 2 N–H and O–H groups in total. The minimum absolute atomic E-state index is 0.0832. The standard InChI is InChI=1S/C19H17F3N4O3/c1-25(2)15-8-7-11(19(20,21)22)9-14(15)23-16(27)10-26-17(28)12-5-3-4-6-13(12)24-18(26)29/h3-9H,10H2,1-2H3,(H,23,27)(H,24,29). The van der Waals surface area contributed by atoms with Gasteiger partial charge in [0.25, 0.3) is 5.56 Å². The number of alkyl halides is 3. The number of nitrogens with one attached hydrogen (secondary N) is 2. The molecule has 0 aliphatic rings. The van der Waals surface area contributed by atoms with Crippen LogP contribution in [-0.2, 0) is 17.5 Å². The summed E-state index contributed by atoms with van der Waals surface area (Å²) >= 11 is 0. The number of H-pyrrole nitrogens is 1. The van der Waals surface area contributed by atoms with Crippen molar-refractivity contribution >= 4 is 28.2 Å². The van der Waals surface area contributed by atoms with E-state index in [9.17, 15) is 27.6 Å². The van der Waals surface area contributed by atoms with E-state index in [4.69, 9.17) is 0 Å². The molecule has 2 aromatic carbocycles. The van der Waals surface area contributed by atoms with Gasteiger partial charge in [0, 0.05) is 14.1 Å². The van der Waals surface area contributed by atoms with Crippen molar-refractivity contribution in [2.24, 2.45) is 0 Å². The number of aromatic nitrogens is 2. The van der Waals surface area contributed by atoms with Gasteiger partial charge in [-0.2, -0.15) is 13.2 Å². The van der Waals surface area contributed by atoms with Gasteiger partial charge in [0.1, 0.15) is 6.54 Å². The summed E-state index contributed by atoms with van der Waals surface area (Å²) in [5, 5.41) is 2.58. The summed E-state index contributed by atoms with van der Waals surface area (Å²) in [4.78, 5) is 41.1. The van der Waals surface area contributed by atoms with Crippen LogP contribution in [0.4, 0.5) is 24.5 Å². The predicted molar refractivity (Wildman–Crippen MR) is 103 cm³/mol. The van der Waals surface area contributed by atoms with Gasteiger partial charge in [-0.3, -0.25) is 14.2 Å². The first-order chi connectivity index (χ1) is 13.6. The molecule has 0 aliphatic carbocycles. The molecule has 1 heterocycles. The molecule has 7 nitrogen and oxygen atoms in total.